The molecular formula is C17H18FNO3. The monoisotopic (exact) mass is 303 g/mol. The van der Waals surface area contributed by atoms with Crippen LogP contribution in [0.2, 0.25) is 0 Å². The van der Waals surface area contributed by atoms with Crippen molar-refractivity contribution in [3.8, 4) is 11.7 Å². The highest BCUT2D eigenvalue weighted by Gasteiger charge is 2.24. The van der Waals surface area contributed by atoms with Crippen molar-refractivity contribution >= 4 is 5.91 Å². The van der Waals surface area contributed by atoms with Gasteiger partial charge in [0.1, 0.15) is 11.6 Å². The topological polar surface area (TPSA) is 42.7 Å². The summed E-state index contributed by atoms with van der Waals surface area (Å²) in [5.74, 6) is 0.762. The number of piperidine rings is 1. The van der Waals surface area contributed by atoms with Crippen molar-refractivity contribution in [3.63, 3.8) is 0 Å². The Bertz CT molecular complexity index is 667. The summed E-state index contributed by atoms with van der Waals surface area (Å²) in [4.78, 5) is 14.2. The predicted molar refractivity (Wildman–Crippen MR) is 79.5 cm³/mol. The van der Waals surface area contributed by atoms with Gasteiger partial charge in [-0.15, -0.1) is 0 Å². The lowest BCUT2D eigenvalue weighted by Gasteiger charge is -2.30. The van der Waals surface area contributed by atoms with Crippen LogP contribution in [0.25, 0.3) is 0 Å². The molecule has 1 aromatic heterocycles. The maximum atomic E-state index is 13.1. The fourth-order valence-electron chi connectivity index (χ4n) is 2.67. The first kappa shape index (κ1) is 14.6. The second-order valence-corrected chi connectivity index (χ2v) is 5.68. The molecule has 0 saturated carbocycles. The molecule has 0 N–H and O–H groups in total. The summed E-state index contributed by atoms with van der Waals surface area (Å²) in [6.45, 7) is 3.64. The number of rotatable bonds is 3. The average molecular weight is 303 g/mol. The summed E-state index contributed by atoms with van der Waals surface area (Å²) in [5, 5.41) is 0. The Morgan fingerprint density at radius 2 is 2.23 bits per heavy atom. The van der Waals surface area contributed by atoms with Crippen molar-refractivity contribution in [1.82, 2.24) is 4.90 Å². The van der Waals surface area contributed by atoms with Crippen molar-refractivity contribution in [1.29, 1.82) is 0 Å². The Balaban J connectivity index is 1.69. The summed E-state index contributed by atoms with van der Waals surface area (Å²) >= 11 is 0. The minimum Gasteiger partial charge on any atom is -0.426 e. The van der Waals surface area contributed by atoms with Gasteiger partial charge in [-0.25, -0.2) is 4.39 Å². The number of ether oxygens (including phenoxy) is 1. The largest absolute Gasteiger partial charge is 0.426 e. The van der Waals surface area contributed by atoms with Crippen molar-refractivity contribution < 1.29 is 18.3 Å². The molecule has 5 heteroatoms. The van der Waals surface area contributed by atoms with Crippen LogP contribution in [0.1, 0.15) is 30.3 Å². The third-order valence-corrected chi connectivity index (χ3v) is 3.75. The van der Waals surface area contributed by atoms with Gasteiger partial charge in [-0.05, 0) is 37.0 Å². The van der Waals surface area contributed by atoms with E-state index >= 15 is 0 Å². The van der Waals surface area contributed by atoms with Crippen molar-refractivity contribution in [2.24, 2.45) is 5.92 Å². The van der Waals surface area contributed by atoms with E-state index in [1.807, 2.05) is 0 Å². The van der Waals surface area contributed by atoms with Gasteiger partial charge in [0.2, 0.25) is 0 Å². The molecule has 0 spiro atoms. The molecule has 1 atom stereocenters. The van der Waals surface area contributed by atoms with Gasteiger partial charge in [-0.3, -0.25) is 4.79 Å². The molecule has 1 saturated heterocycles. The third kappa shape index (κ3) is 3.30. The second-order valence-electron chi connectivity index (χ2n) is 5.68. The van der Waals surface area contributed by atoms with E-state index in [1.54, 1.807) is 29.2 Å². The number of amides is 1. The van der Waals surface area contributed by atoms with Crippen LogP contribution in [0.3, 0.4) is 0 Å². The third-order valence-electron chi connectivity index (χ3n) is 3.75. The zero-order valence-electron chi connectivity index (χ0n) is 12.4. The summed E-state index contributed by atoms with van der Waals surface area (Å²) in [5.41, 5.74) is 0. The van der Waals surface area contributed by atoms with Crippen molar-refractivity contribution in [2.45, 2.75) is 19.8 Å². The van der Waals surface area contributed by atoms with Crippen molar-refractivity contribution in [2.75, 3.05) is 13.1 Å². The smallest absolute Gasteiger partial charge is 0.290 e. The predicted octanol–water partition coefficient (Wildman–Crippen LogP) is 4.08. The fraction of sp³-hybridized carbons (Fsp3) is 0.353. The van der Waals surface area contributed by atoms with E-state index in [4.69, 9.17) is 9.15 Å². The maximum absolute atomic E-state index is 13.1. The maximum Gasteiger partial charge on any atom is 0.290 e. The molecule has 1 aliphatic heterocycles. The number of carbonyl (C=O) groups excluding carboxylic acids is 1. The van der Waals surface area contributed by atoms with E-state index in [2.05, 4.69) is 6.92 Å². The van der Waals surface area contributed by atoms with Crippen molar-refractivity contribution in [3.05, 3.63) is 48.0 Å². The number of halogens is 1. The molecule has 0 aliphatic carbocycles. The van der Waals surface area contributed by atoms with Gasteiger partial charge < -0.3 is 14.1 Å². The van der Waals surface area contributed by atoms with Gasteiger partial charge in [-0.1, -0.05) is 13.0 Å². The highest BCUT2D eigenvalue weighted by atomic mass is 19.1. The van der Waals surface area contributed by atoms with E-state index in [0.29, 0.717) is 11.7 Å². The molecule has 0 bridgehead atoms. The number of nitrogens with zero attached hydrogens (tertiary/aromatic N) is 1. The lowest BCUT2D eigenvalue weighted by Crippen LogP contribution is -2.38. The zero-order valence-corrected chi connectivity index (χ0v) is 12.4. The summed E-state index contributed by atoms with van der Waals surface area (Å²) in [6, 6.07) is 8.94. The molecule has 4 nitrogen and oxygen atoms in total. The van der Waals surface area contributed by atoms with Gasteiger partial charge >= 0.3 is 0 Å². The van der Waals surface area contributed by atoms with Crippen LogP contribution in [0.4, 0.5) is 4.39 Å². The van der Waals surface area contributed by atoms with Crippen LogP contribution in [-0.2, 0) is 0 Å². The van der Waals surface area contributed by atoms with Crippen LogP contribution in [-0.4, -0.2) is 23.9 Å². The highest BCUT2D eigenvalue weighted by molar-refractivity contribution is 5.91. The molecule has 1 fully saturated rings. The van der Waals surface area contributed by atoms with E-state index in [9.17, 15) is 9.18 Å². The first-order chi connectivity index (χ1) is 10.6. The highest BCUT2D eigenvalue weighted by Crippen LogP contribution is 2.26. The Hall–Kier alpha value is -2.30. The quantitative estimate of drug-likeness (QED) is 0.858. The molecule has 116 valence electrons. The number of likely N-dealkylation sites (tertiary alicyclic amines) is 1. The lowest BCUT2D eigenvalue weighted by molar-refractivity contribution is 0.0646. The summed E-state index contributed by atoms with van der Waals surface area (Å²) in [7, 11) is 0. The van der Waals surface area contributed by atoms with E-state index in [0.717, 1.165) is 25.9 Å². The van der Waals surface area contributed by atoms with Gasteiger partial charge in [-0.2, -0.15) is 0 Å². The Morgan fingerprint density at radius 3 is 3.00 bits per heavy atom. The molecule has 2 heterocycles. The molecule has 1 amide bonds. The lowest BCUT2D eigenvalue weighted by atomic mass is 10.0. The van der Waals surface area contributed by atoms with Crippen LogP contribution >= 0.6 is 0 Å². The average Bonchev–Trinajstić information content (AvgIpc) is 2.95. The van der Waals surface area contributed by atoms with Crippen LogP contribution in [0.15, 0.2) is 40.8 Å². The molecule has 2 aromatic rings. The van der Waals surface area contributed by atoms with Gasteiger partial charge in [0.15, 0.2) is 5.76 Å². The normalized spacial score (nSPS) is 18.3. The minimum atomic E-state index is -0.386. The molecule has 1 unspecified atom stereocenters. The molecule has 0 radical (unpaired) electrons. The Morgan fingerprint density at radius 1 is 1.36 bits per heavy atom. The molecule has 22 heavy (non-hydrogen) atoms. The number of hydrogen-bond acceptors (Lipinski definition) is 3. The zero-order chi connectivity index (χ0) is 15.5. The summed E-state index contributed by atoms with van der Waals surface area (Å²) in [6.07, 6.45) is 2.16. The molecule has 1 aliphatic rings. The van der Waals surface area contributed by atoms with Gasteiger partial charge in [0, 0.05) is 25.2 Å². The van der Waals surface area contributed by atoms with E-state index in [-0.39, 0.29) is 23.4 Å². The molecule has 3 rings (SSSR count). The number of hydrogen-bond donors (Lipinski definition) is 0. The first-order valence-electron chi connectivity index (χ1n) is 7.44. The van der Waals surface area contributed by atoms with Crippen LogP contribution < -0.4 is 4.74 Å². The SMILES string of the molecule is CC1CCCN(C(=O)c2ccc(Oc3cccc(F)c3)o2)C1. The van der Waals surface area contributed by atoms with Gasteiger partial charge in [0.05, 0.1) is 0 Å². The number of benzene rings is 1. The second kappa shape index (κ2) is 6.22. The number of furan rings is 1. The first-order valence-corrected chi connectivity index (χ1v) is 7.44. The molecular weight excluding hydrogens is 285 g/mol. The molecule has 1 aromatic carbocycles. The van der Waals surface area contributed by atoms with E-state index in [1.165, 1.54) is 12.1 Å². The van der Waals surface area contributed by atoms with E-state index < -0.39 is 0 Å². The summed E-state index contributed by atoms with van der Waals surface area (Å²) < 4.78 is 24.0. The minimum absolute atomic E-state index is 0.124. The standard InChI is InChI=1S/C17H18FNO3/c1-12-4-3-9-19(11-12)17(20)15-7-8-16(22-15)21-14-6-2-5-13(18)10-14/h2,5-8,10,12H,3-4,9,11H2,1H3. The fourth-order valence-corrected chi connectivity index (χ4v) is 2.67. The van der Waals surface area contributed by atoms with Crippen LogP contribution in [0, 0.1) is 11.7 Å². The Kier molecular flexibility index (Phi) is 4.13. The van der Waals surface area contributed by atoms with Crippen LogP contribution in [0.5, 0.6) is 11.7 Å². The Labute approximate surface area is 128 Å². The number of carbonyl (C=O) groups is 1. The van der Waals surface area contributed by atoms with Gasteiger partial charge in [0.25, 0.3) is 11.9 Å².